The number of aromatic nitrogens is 4. The second-order valence-electron chi connectivity index (χ2n) is 8.25. The van der Waals surface area contributed by atoms with Crippen LogP contribution in [0, 0.1) is 12.3 Å². The predicted molar refractivity (Wildman–Crippen MR) is 141 cm³/mol. The molecule has 3 aromatic heterocycles. The molecule has 0 spiro atoms. The summed E-state index contributed by atoms with van der Waals surface area (Å²) in [5.74, 6) is 2.14. The molecule has 0 unspecified atom stereocenters. The molecule has 3 heterocycles. The van der Waals surface area contributed by atoms with Crippen LogP contribution < -0.4 is 19.7 Å². The molecule has 3 N–H and O–H groups in total. The van der Waals surface area contributed by atoms with Crippen LogP contribution in [0.2, 0.25) is 0 Å². The van der Waals surface area contributed by atoms with Crippen molar-refractivity contribution < 1.29 is 14.6 Å². The molecule has 0 amide bonds. The fraction of sp³-hybridized carbons (Fsp3) is 0.346. The number of anilines is 1. The first-order chi connectivity index (χ1) is 17.4. The first-order valence-electron chi connectivity index (χ1n) is 11.7. The Morgan fingerprint density at radius 3 is 2.67 bits per heavy atom. The Labute approximate surface area is 211 Å². The van der Waals surface area contributed by atoms with Crippen LogP contribution in [0.4, 0.5) is 5.95 Å². The number of hydrogen-bond donors (Lipinski definition) is 3. The largest absolute Gasteiger partial charge is 0.480 e. The first kappa shape index (κ1) is 26.6. The second kappa shape index (κ2) is 12.6. The van der Waals surface area contributed by atoms with E-state index < -0.39 is 0 Å². The normalized spacial score (nSPS) is 11.4. The van der Waals surface area contributed by atoms with E-state index in [0.717, 1.165) is 0 Å². The molecule has 0 saturated heterocycles. The molecule has 0 fully saturated rings. The van der Waals surface area contributed by atoms with Gasteiger partial charge in [0.15, 0.2) is 0 Å². The molecular weight excluding hydrogens is 458 g/mol. The van der Waals surface area contributed by atoms with E-state index in [1.807, 2.05) is 24.0 Å². The number of aliphatic hydroxyl groups excluding tert-OH is 1. The summed E-state index contributed by atoms with van der Waals surface area (Å²) >= 11 is 0. The van der Waals surface area contributed by atoms with Gasteiger partial charge in [0.1, 0.15) is 11.5 Å². The van der Waals surface area contributed by atoms with Gasteiger partial charge in [0, 0.05) is 62.7 Å². The number of rotatable bonds is 12. The minimum atomic E-state index is 0.105. The number of ether oxygens (including phenoxy) is 2. The molecule has 10 nitrogen and oxygen atoms in total. The van der Waals surface area contributed by atoms with Gasteiger partial charge in [-0.25, -0.2) is 9.97 Å². The number of hydrogen-bond acceptors (Lipinski definition) is 10. The van der Waals surface area contributed by atoms with Crippen molar-refractivity contribution in [2.45, 2.75) is 33.2 Å². The highest BCUT2D eigenvalue weighted by Crippen LogP contribution is 2.32. The molecule has 0 saturated carbocycles. The van der Waals surface area contributed by atoms with E-state index in [1.54, 1.807) is 44.9 Å². The van der Waals surface area contributed by atoms with Crippen LogP contribution in [-0.2, 0) is 0 Å². The lowest BCUT2D eigenvalue weighted by Gasteiger charge is -2.26. The Hall–Kier alpha value is -4.05. The zero-order valence-corrected chi connectivity index (χ0v) is 21.3. The maximum atomic E-state index is 9.22. The Balaban J connectivity index is 1.87. The van der Waals surface area contributed by atoms with Gasteiger partial charge >= 0.3 is 0 Å². The van der Waals surface area contributed by atoms with Crippen molar-refractivity contribution in [2.24, 2.45) is 0 Å². The molecule has 0 radical (unpaired) electrons. The van der Waals surface area contributed by atoms with Gasteiger partial charge in [-0.05, 0) is 45.4 Å². The summed E-state index contributed by atoms with van der Waals surface area (Å²) < 4.78 is 11.6. The summed E-state index contributed by atoms with van der Waals surface area (Å²) in [6.45, 7) is 6.72. The Bertz CT molecular complexity index is 1210. The van der Waals surface area contributed by atoms with E-state index in [1.165, 1.54) is 6.21 Å². The fourth-order valence-electron chi connectivity index (χ4n) is 3.57. The van der Waals surface area contributed by atoms with Crippen molar-refractivity contribution in [3.63, 3.8) is 0 Å². The summed E-state index contributed by atoms with van der Waals surface area (Å²) in [5.41, 5.74) is 3.27. The molecule has 3 rings (SSSR count). The maximum Gasteiger partial charge on any atom is 0.228 e. The minimum absolute atomic E-state index is 0.105. The van der Waals surface area contributed by atoms with Crippen molar-refractivity contribution >= 4 is 17.7 Å². The van der Waals surface area contributed by atoms with Crippen molar-refractivity contribution in [3.05, 3.63) is 54.2 Å². The van der Waals surface area contributed by atoms with E-state index in [2.05, 4.69) is 34.1 Å². The Morgan fingerprint density at radius 1 is 1.22 bits per heavy atom. The molecule has 0 atom stereocenters. The predicted octanol–water partition coefficient (Wildman–Crippen LogP) is 3.85. The van der Waals surface area contributed by atoms with Gasteiger partial charge in [0.05, 0.1) is 29.8 Å². The lowest BCUT2D eigenvalue weighted by molar-refractivity contribution is 0.288. The van der Waals surface area contributed by atoms with Gasteiger partial charge in [-0.15, -0.1) is 0 Å². The Kier molecular flexibility index (Phi) is 9.29. The van der Waals surface area contributed by atoms with Crippen molar-refractivity contribution in [3.8, 4) is 28.6 Å². The molecule has 0 aliphatic rings. The molecule has 36 heavy (non-hydrogen) atoms. The summed E-state index contributed by atoms with van der Waals surface area (Å²) in [6.07, 6.45) is 6.91. The van der Waals surface area contributed by atoms with Crippen LogP contribution in [0.5, 0.6) is 17.4 Å². The summed E-state index contributed by atoms with van der Waals surface area (Å²) in [5, 5.41) is 19.7. The molecule has 0 aliphatic heterocycles. The van der Waals surface area contributed by atoms with Gasteiger partial charge in [-0.3, -0.25) is 4.98 Å². The van der Waals surface area contributed by atoms with Crippen LogP contribution >= 0.6 is 0 Å². The van der Waals surface area contributed by atoms with Gasteiger partial charge in [0.2, 0.25) is 11.8 Å². The molecule has 0 aliphatic carbocycles. The third kappa shape index (κ3) is 6.33. The van der Waals surface area contributed by atoms with Crippen molar-refractivity contribution in [1.82, 2.24) is 25.3 Å². The summed E-state index contributed by atoms with van der Waals surface area (Å²) in [4.78, 5) is 20.2. The quantitative estimate of drug-likeness (QED) is 0.323. The number of methoxy groups -OCH3 is 1. The highest BCUT2D eigenvalue weighted by Gasteiger charge is 2.18. The smallest absolute Gasteiger partial charge is 0.228 e. The first-order valence-corrected chi connectivity index (χ1v) is 11.7. The molecule has 0 aromatic carbocycles. The lowest BCUT2D eigenvalue weighted by atomic mass is 10.2. The number of allylic oxidation sites excluding steroid dienone is 1. The molecular formula is C26H33N7O3. The van der Waals surface area contributed by atoms with E-state index in [9.17, 15) is 5.11 Å². The summed E-state index contributed by atoms with van der Waals surface area (Å²) in [6, 6.07) is 7.37. The molecule has 0 bridgehead atoms. The number of nitrogens with zero attached hydrogens (tertiary/aromatic N) is 5. The van der Waals surface area contributed by atoms with Crippen LogP contribution in [0.15, 0.2) is 42.9 Å². The van der Waals surface area contributed by atoms with Gasteiger partial charge in [-0.1, -0.05) is 0 Å². The van der Waals surface area contributed by atoms with Crippen molar-refractivity contribution in [2.75, 3.05) is 32.2 Å². The van der Waals surface area contributed by atoms with Gasteiger partial charge < -0.3 is 30.2 Å². The second-order valence-corrected chi connectivity index (χ2v) is 8.25. The highest BCUT2D eigenvalue weighted by molar-refractivity contribution is 6.07. The third-order valence-electron chi connectivity index (χ3n) is 5.40. The van der Waals surface area contributed by atoms with Crippen LogP contribution in [0.1, 0.15) is 31.7 Å². The zero-order valence-electron chi connectivity index (χ0n) is 21.3. The average molecular weight is 492 g/mol. The van der Waals surface area contributed by atoms with Crippen molar-refractivity contribution in [1.29, 1.82) is 5.41 Å². The number of nitrogens with one attached hydrogen (secondary N) is 2. The maximum absolute atomic E-state index is 9.22. The average Bonchev–Trinajstić information content (AvgIpc) is 2.88. The third-order valence-corrected chi connectivity index (χ3v) is 5.40. The van der Waals surface area contributed by atoms with Crippen LogP contribution in [0.25, 0.3) is 16.8 Å². The summed E-state index contributed by atoms with van der Waals surface area (Å²) in [7, 11) is 3.34. The zero-order chi connectivity index (χ0) is 26.1. The number of aliphatic hydroxyl groups is 1. The van der Waals surface area contributed by atoms with Gasteiger partial charge in [-0.2, -0.15) is 4.98 Å². The monoisotopic (exact) mass is 491 g/mol. The number of pyridine rings is 2. The SMILES string of the molecule is CN/C=C(\C=N)c1cc(Oc2ccc(-c3cnc(N(CCCO)C(C)C)nc3OC)nc2C)ccn1. The van der Waals surface area contributed by atoms with E-state index in [-0.39, 0.29) is 12.6 Å². The van der Waals surface area contributed by atoms with Crippen LogP contribution in [0.3, 0.4) is 0 Å². The molecule has 190 valence electrons. The minimum Gasteiger partial charge on any atom is -0.480 e. The van der Waals surface area contributed by atoms with E-state index in [0.29, 0.717) is 64.5 Å². The fourth-order valence-corrected chi connectivity index (χ4v) is 3.57. The van der Waals surface area contributed by atoms with Gasteiger partial charge in [0.25, 0.3) is 0 Å². The van der Waals surface area contributed by atoms with Crippen LogP contribution in [-0.4, -0.2) is 64.6 Å². The lowest BCUT2D eigenvalue weighted by Crippen LogP contribution is -2.33. The number of aryl methyl sites for hydroxylation is 1. The molecule has 3 aromatic rings. The standard InChI is InChI=1S/C26H33N7O3/c1-17(2)33(11-6-12-34)26-30-16-21(25(32-26)35-5)22-7-8-24(18(3)31-22)36-20-9-10-29-23(13-20)19(14-27)15-28-4/h7-10,13-17,27-28,34H,6,11-12H2,1-5H3/b19-15+,27-14?. The van der Waals surface area contributed by atoms with E-state index >= 15 is 0 Å². The van der Waals surface area contributed by atoms with E-state index in [4.69, 9.17) is 19.9 Å². The molecule has 10 heteroatoms. The topological polar surface area (TPSA) is 129 Å². The highest BCUT2D eigenvalue weighted by atomic mass is 16.5. The Morgan fingerprint density at radius 2 is 2.03 bits per heavy atom.